The van der Waals surface area contributed by atoms with E-state index in [2.05, 4.69) is 122 Å². The maximum absolute atomic E-state index is 6.36. The quantitative estimate of drug-likeness (QED) is 0.201. The minimum absolute atomic E-state index is 0.134. The van der Waals surface area contributed by atoms with Crippen LogP contribution in [0.3, 0.4) is 0 Å². The van der Waals surface area contributed by atoms with Gasteiger partial charge in [0, 0.05) is 44.2 Å². The molecule has 222 valence electrons. The molecule has 1 aliphatic rings. The number of nitrogens with zero attached hydrogens (tertiary/aromatic N) is 4. The van der Waals surface area contributed by atoms with Crippen LogP contribution in [0.25, 0.3) is 83.6 Å². The van der Waals surface area contributed by atoms with Gasteiger partial charge < -0.3 is 4.42 Å². The summed E-state index contributed by atoms with van der Waals surface area (Å²) in [5, 5.41) is 4.46. The third kappa shape index (κ3) is 3.74. The molecular weight excluding hydrogens is 576 g/mol. The molecule has 10 rings (SSSR count). The summed E-state index contributed by atoms with van der Waals surface area (Å²) in [6, 6.07) is 46.5. The molecule has 5 heteroatoms. The van der Waals surface area contributed by atoms with Crippen molar-refractivity contribution >= 4 is 43.7 Å². The van der Waals surface area contributed by atoms with E-state index in [1.807, 2.05) is 30.3 Å². The summed E-state index contributed by atoms with van der Waals surface area (Å²) in [6.45, 7) is 4.60. The van der Waals surface area contributed by atoms with E-state index in [1.165, 1.54) is 22.3 Å². The zero-order chi connectivity index (χ0) is 31.3. The third-order valence-electron chi connectivity index (χ3n) is 9.87. The van der Waals surface area contributed by atoms with Crippen molar-refractivity contribution in [3.05, 3.63) is 145 Å². The Labute approximate surface area is 270 Å². The van der Waals surface area contributed by atoms with Gasteiger partial charge in [-0.3, -0.25) is 4.57 Å². The molecule has 0 amide bonds. The first-order valence-corrected chi connectivity index (χ1v) is 16.0. The molecule has 1 aliphatic carbocycles. The molecule has 0 saturated heterocycles. The fraction of sp³-hybridized carbons (Fsp3) is 0.0714. The minimum atomic E-state index is -0.134. The lowest BCUT2D eigenvalue weighted by atomic mass is 9.82. The summed E-state index contributed by atoms with van der Waals surface area (Å²) in [7, 11) is 0. The topological polar surface area (TPSA) is 56.7 Å². The van der Waals surface area contributed by atoms with Crippen LogP contribution in [-0.2, 0) is 5.41 Å². The molecule has 0 bridgehead atoms. The van der Waals surface area contributed by atoms with E-state index < -0.39 is 0 Å². The maximum atomic E-state index is 6.36. The maximum Gasteiger partial charge on any atom is 0.238 e. The predicted octanol–water partition coefficient (Wildman–Crippen LogP) is 10.5. The fourth-order valence-electron chi connectivity index (χ4n) is 7.56. The van der Waals surface area contributed by atoms with Crippen molar-refractivity contribution in [3.8, 4) is 39.9 Å². The molecule has 3 heterocycles. The van der Waals surface area contributed by atoms with Crippen LogP contribution in [0.15, 0.2) is 138 Å². The Kier molecular flexibility index (Phi) is 5.28. The van der Waals surface area contributed by atoms with Crippen LogP contribution >= 0.6 is 0 Å². The van der Waals surface area contributed by atoms with Crippen LogP contribution < -0.4 is 0 Å². The van der Waals surface area contributed by atoms with E-state index >= 15 is 0 Å². The molecule has 0 atom stereocenters. The Hall–Kier alpha value is -6.07. The van der Waals surface area contributed by atoms with Crippen LogP contribution in [0.4, 0.5) is 0 Å². The van der Waals surface area contributed by atoms with Gasteiger partial charge in [0.2, 0.25) is 5.95 Å². The van der Waals surface area contributed by atoms with E-state index in [0.717, 1.165) is 54.9 Å². The molecule has 47 heavy (non-hydrogen) atoms. The largest absolute Gasteiger partial charge is 0.456 e. The highest BCUT2D eigenvalue weighted by molar-refractivity contribution is 6.17. The Bertz CT molecular complexity index is 2720. The summed E-state index contributed by atoms with van der Waals surface area (Å²) >= 11 is 0. The van der Waals surface area contributed by atoms with Gasteiger partial charge in [-0.05, 0) is 46.5 Å². The second kappa shape index (κ2) is 9.47. The van der Waals surface area contributed by atoms with E-state index in [9.17, 15) is 0 Å². The van der Waals surface area contributed by atoms with Crippen molar-refractivity contribution < 1.29 is 4.42 Å². The van der Waals surface area contributed by atoms with Gasteiger partial charge >= 0.3 is 0 Å². The average molecular weight is 605 g/mol. The zero-order valence-corrected chi connectivity index (χ0v) is 25.9. The van der Waals surface area contributed by atoms with Crippen molar-refractivity contribution in [3.63, 3.8) is 0 Å². The monoisotopic (exact) mass is 604 g/mol. The SMILES string of the molecule is CC1(C)c2ccccc2-c2ccc(-c3nc(-c4ccccc4)nc(-n4c5ccccc5c5cc6c(cc54)oc4ccccc46)n3)cc21. The lowest BCUT2D eigenvalue weighted by Gasteiger charge is -2.21. The first-order valence-electron chi connectivity index (χ1n) is 16.0. The zero-order valence-electron chi connectivity index (χ0n) is 25.9. The van der Waals surface area contributed by atoms with Crippen LogP contribution in [0.1, 0.15) is 25.0 Å². The number of para-hydroxylation sites is 2. The highest BCUT2D eigenvalue weighted by Crippen LogP contribution is 2.49. The number of hydrogen-bond donors (Lipinski definition) is 0. The van der Waals surface area contributed by atoms with Gasteiger partial charge in [0.25, 0.3) is 0 Å². The number of hydrogen-bond acceptors (Lipinski definition) is 4. The smallest absolute Gasteiger partial charge is 0.238 e. The summed E-state index contributed by atoms with van der Waals surface area (Å²) < 4.78 is 8.51. The predicted molar refractivity (Wildman–Crippen MR) is 190 cm³/mol. The molecule has 5 nitrogen and oxygen atoms in total. The normalized spacial score (nSPS) is 13.5. The van der Waals surface area contributed by atoms with Gasteiger partial charge in [-0.25, -0.2) is 4.98 Å². The molecule has 0 N–H and O–H groups in total. The third-order valence-corrected chi connectivity index (χ3v) is 9.87. The number of furan rings is 1. The molecule has 0 spiro atoms. The van der Waals surface area contributed by atoms with Crippen molar-refractivity contribution in [1.29, 1.82) is 0 Å². The summed E-state index contributed by atoms with van der Waals surface area (Å²) in [5.74, 6) is 1.84. The Balaban J connectivity index is 1.25. The number of rotatable bonds is 3. The Morgan fingerprint density at radius 1 is 0.489 bits per heavy atom. The van der Waals surface area contributed by atoms with Crippen molar-refractivity contribution in [2.75, 3.05) is 0 Å². The van der Waals surface area contributed by atoms with Crippen molar-refractivity contribution in [2.24, 2.45) is 0 Å². The van der Waals surface area contributed by atoms with Crippen molar-refractivity contribution in [1.82, 2.24) is 19.5 Å². The van der Waals surface area contributed by atoms with E-state index in [-0.39, 0.29) is 5.41 Å². The Morgan fingerprint density at radius 3 is 2.06 bits per heavy atom. The molecular formula is C42H28N4O. The lowest BCUT2D eigenvalue weighted by molar-refractivity contribution is 0.660. The van der Waals surface area contributed by atoms with Gasteiger partial charge in [0.1, 0.15) is 11.2 Å². The highest BCUT2D eigenvalue weighted by atomic mass is 16.3. The molecule has 0 saturated carbocycles. The molecule has 3 aromatic heterocycles. The van der Waals surface area contributed by atoms with Crippen LogP contribution in [-0.4, -0.2) is 19.5 Å². The summed E-state index contributed by atoms with van der Waals surface area (Å²) in [4.78, 5) is 15.5. The van der Waals surface area contributed by atoms with Gasteiger partial charge in [-0.15, -0.1) is 0 Å². The Morgan fingerprint density at radius 2 is 1.19 bits per heavy atom. The van der Waals surface area contributed by atoms with Gasteiger partial charge in [-0.1, -0.05) is 117 Å². The van der Waals surface area contributed by atoms with Crippen LogP contribution in [0, 0.1) is 0 Å². The summed E-state index contributed by atoms with van der Waals surface area (Å²) in [5.41, 5.74) is 10.7. The van der Waals surface area contributed by atoms with Gasteiger partial charge in [0.15, 0.2) is 11.6 Å². The first kappa shape index (κ1) is 26.2. The highest BCUT2D eigenvalue weighted by Gasteiger charge is 2.35. The minimum Gasteiger partial charge on any atom is -0.456 e. The average Bonchev–Trinajstić information content (AvgIpc) is 3.72. The number of fused-ring (bicyclic) bond motifs is 9. The fourth-order valence-corrected chi connectivity index (χ4v) is 7.56. The van der Waals surface area contributed by atoms with Gasteiger partial charge in [0.05, 0.1) is 11.0 Å². The van der Waals surface area contributed by atoms with E-state index in [0.29, 0.717) is 17.6 Å². The molecule has 0 aliphatic heterocycles. The number of benzene rings is 6. The molecule has 9 aromatic rings. The molecule has 0 fully saturated rings. The first-order chi connectivity index (χ1) is 23.0. The molecule has 0 radical (unpaired) electrons. The summed E-state index contributed by atoms with van der Waals surface area (Å²) in [6.07, 6.45) is 0. The van der Waals surface area contributed by atoms with Crippen LogP contribution in [0.5, 0.6) is 0 Å². The van der Waals surface area contributed by atoms with Crippen molar-refractivity contribution in [2.45, 2.75) is 19.3 Å². The molecule has 0 unspecified atom stereocenters. The van der Waals surface area contributed by atoms with E-state index in [4.69, 9.17) is 19.4 Å². The lowest BCUT2D eigenvalue weighted by Crippen LogP contribution is -2.15. The van der Waals surface area contributed by atoms with Crippen LogP contribution in [0.2, 0.25) is 0 Å². The molecule has 6 aromatic carbocycles. The second-order valence-electron chi connectivity index (χ2n) is 12.9. The van der Waals surface area contributed by atoms with E-state index in [1.54, 1.807) is 0 Å². The number of aromatic nitrogens is 4. The standard InChI is InChI=1S/C42H28N4O/c1-42(2)33-17-9-6-14-27(33)28-21-20-26(22-34(28)42)40-43-39(25-12-4-3-5-13-25)44-41(45-40)46-35-18-10-7-15-29(35)31-23-32-30-16-8-11-19-37(30)47-38(32)24-36(31)46/h3-24H,1-2H3. The van der Waals surface area contributed by atoms with Gasteiger partial charge in [-0.2, -0.15) is 9.97 Å². The second-order valence-corrected chi connectivity index (χ2v) is 12.9.